The van der Waals surface area contributed by atoms with E-state index in [-0.39, 0.29) is 0 Å². The molecule has 1 amide bonds. The monoisotopic (exact) mass is 251 g/mol. The lowest BCUT2D eigenvalue weighted by Gasteiger charge is -2.18. The third-order valence-corrected chi connectivity index (χ3v) is 2.60. The minimum Gasteiger partial charge on any atom is -0.480 e. The number of aliphatic carboxylic acids is 1. The number of carbonyl (C=O) groups excluding carboxylic acids is 1. The first-order valence-corrected chi connectivity index (χ1v) is 5.71. The Kier molecular flexibility index (Phi) is 5.32. The van der Waals surface area contributed by atoms with Crippen molar-refractivity contribution in [1.82, 2.24) is 5.32 Å². The molecule has 0 spiro atoms. The summed E-state index contributed by atoms with van der Waals surface area (Å²) in [5, 5.41) is 11.3. The second kappa shape index (κ2) is 6.76. The summed E-state index contributed by atoms with van der Waals surface area (Å²) in [5.41, 5.74) is 0.692. The average molecular weight is 251 g/mol. The van der Waals surface area contributed by atoms with Crippen molar-refractivity contribution in [3.05, 3.63) is 35.9 Å². The van der Waals surface area contributed by atoms with Gasteiger partial charge in [-0.3, -0.25) is 4.79 Å². The molecule has 0 fully saturated rings. The summed E-state index contributed by atoms with van der Waals surface area (Å²) >= 11 is 0. The van der Waals surface area contributed by atoms with E-state index in [2.05, 4.69) is 5.32 Å². The first kappa shape index (κ1) is 14.2. The molecule has 0 aromatic heterocycles. The van der Waals surface area contributed by atoms with E-state index in [9.17, 15) is 9.59 Å². The number of rotatable bonds is 6. The fourth-order valence-corrected chi connectivity index (χ4v) is 1.61. The van der Waals surface area contributed by atoms with Crippen LogP contribution in [0, 0.1) is 0 Å². The van der Waals surface area contributed by atoms with Crippen LogP contribution in [0.15, 0.2) is 30.3 Å². The zero-order valence-electron chi connectivity index (χ0n) is 10.4. The number of carbonyl (C=O) groups is 2. The van der Waals surface area contributed by atoms with Crippen LogP contribution in [0.25, 0.3) is 0 Å². The van der Waals surface area contributed by atoms with Crippen LogP contribution in [0.3, 0.4) is 0 Å². The molecule has 5 nitrogen and oxygen atoms in total. The molecule has 2 atom stereocenters. The van der Waals surface area contributed by atoms with Crippen LogP contribution in [-0.4, -0.2) is 30.1 Å². The molecule has 0 aliphatic rings. The number of hydrogen-bond acceptors (Lipinski definition) is 3. The molecular formula is C13H17NO4. The fourth-order valence-electron chi connectivity index (χ4n) is 1.61. The third-order valence-electron chi connectivity index (χ3n) is 2.60. The Labute approximate surface area is 106 Å². The van der Waals surface area contributed by atoms with E-state index in [1.807, 2.05) is 6.07 Å². The van der Waals surface area contributed by atoms with Crippen LogP contribution in [0.5, 0.6) is 0 Å². The van der Waals surface area contributed by atoms with Crippen LogP contribution < -0.4 is 5.32 Å². The van der Waals surface area contributed by atoms with Gasteiger partial charge in [0.25, 0.3) is 5.91 Å². The molecule has 18 heavy (non-hydrogen) atoms. The van der Waals surface area contributed by atoms with Gasteiger partial charge in [0.1, 0.15) is 6.04 Å². The predicted octanol–water partition coefficient (Wildman–Crippen LogP) is 1.35. The maximum atomic E-state index is 11.9. The van der Waals surface area contributed by atoms with Gasteiger partial charge in [0.2, 0.25) is 0 Å². The van der Waals surface area contributed by atoms with Crippen molar-refractivity contribution in [1.29, 1.82) is 0 Å². The summed E-state index contributed by atoms with van der Waals surface area (Å²) in [6.07, 6.45) is -0.466. The Morgan fingerprint density at radius 2 is 1.94 bits per heavy atom. The predicted molar refractivity (Wildman–Crippen MR) is 66.0 cm³/mol. The van der Waals surface area contributed by atoms with Crippen molar-refractivity contribution in [2.24, 2.45) is 0 Å². The number of amides is 1. The van der Waals surface area contributed by atoms with Gasteiger partial charge < -0.3 is 15.2 Å². The van der Waals surface area contributed by atoms with Crippen LogP contribution in [-0.2, 0) is 14.3 Å². The van der Waals surface area contributed by atoms with E-state index in [1.165, 1.54) is 7.11 Å². The van der Waals surface area contributed by atoms with Gasteiger partial charge in [0, 0.05) is 7.11 Å². The Morgan fingerprint density at radius 3 is 2.39 bits per heavy atom. The van der Waals surface area contributed by atoms with E-state index in [0.717, 1.165) is 0 Å². The van der Waals surface area contributed by atoms with Gasteiger partial charge in [-0.25, -0.2) is 4.79 Å². The molecule has 1 rings (SSSR count). The van der Waals surface area contributed by atoms with Gasteiger partial charge in [-0.2, -0.15) is 0 Å². The minimum atomic E-state index is -1.05. The number of ether oxygens (including phenoxy) is 1. The van der Waals surface area contributed by atoms with Crippen LogP contribution in [0.4, 0.5) is 0 Å². The second-order valence-corrected chi connectivity index (χ2v) is 3.83. The van der Waals surface area contributed by atoms with Crippen molar-refractivity contribution in [2.45, 2.75) is 25.5 Å². The molecule has 0 bridgehead atoms. The van der Waals surface area contributed by atoms with E-state index in [0.29, 0.717) is 12.0 Å². The number of nitrogens with one attached hydrogen (secondary N) is 1. The van der Waals surface area contributed by atoms with Gasteiger partial charge in [0.15, 0.2) is 6.10 Å². The van der Waals surface area contributed by atoms with E-state index in [1.54, 1.807) is 31.2 Å². The summed E-state index contributed by atoms with van der Waals surface area (Å²) in [6.45, 7) is 1.70. The van der Waals surface area contributed by atoms with Crippen molar-refractivity contribution < 1.29 is 19.4 Å². The summed E-state index contributed by atoms with van der Waals surface area (Å²) in [7, 11) is 1.42. The third kappa shape index (κ3) is 3.56. The maximum Gasteiger partial charge on any atom is 0.326 e. The van der Waals surface area contributed by atoms with E-state index in [4.69, 9.17) is 9.84 Å². The summed E-state index contributed by atoms with van der Waals surface area (Å²) in [5.74, 6) is -1.49. The van der Waals surface area contributed by atoms with Gasteiger partial charge in [0.05, 0.1) is 0 Å². The van der Waals surface area contributed by atoms with Crippen molar-refractivity contribution in [3.8, 4) is 0 Å². The molecule has 2 N–H and O–H groups in total. The Balaban J connectivity index is 2.78. The lowest BCUT2D eigenvalue weighted by molar-refractivity contribution is -0.144. The van der Waals surface area contributed by atoms with Gasteiger partial charge in [-0.15, -0.1) is 0 Å². The van der Waals surface area contributed by atoms with E-state index >= 15 is 0 Å². The highest BCUT2D eigenvalue weighted by Gasteiger charge is 2.24. The number of carboxylic acid groups (broad SMARTS) is 1. The Bertz CT molecular complexity index is 405. The summed E-state index contributed by atoms with van der Waals surface area (Å²) in [6, 6.07) is 8.05. The molecule has 0 saturated heterocycles. The second-order valence-electron chi connectivity index (χ2n) is 3.83. The molecule has 0 radical (unpaired) electrons. The normalized spacial score (nSPS) is 13.7. The molecular weight excluding hydrogens is 234 g/mol. The summed E-state index contributed by atoms with van der Waals surface area (Å²) < 4.78 is 5.12. The lowest BCUT2D eigenvalue weighted by Crippen LogP contribution is -2.43. The Morgan fingerprint density at radius 1 is 1.33 bits per heavy atom. The van der Waals surface area contributed by atoms with Crippen molar-refractivity contribution in [3.63, 3.8) is 0 Å². The Hall–Kier alpha value is -1.88. The van der Waals surface area contributed by atoms with Gasteiger partial charge in [-0.05, 0) is 12.0 Å². The van der Waals surface area contributed by atoms with E-state index < -0.39 is 24.0 Å². The number of methoxy groups -OCH3 is 1. The van der Waals surface area contributed by atoms with Crippen LogP contribution in [0.1, 0.15) is 25.0 Å². The molecule has 5 heteroatoms. The number of benzene rings is 1. The average Bonchev–Trinajstić information content (AvgIpc) is 2.37. The molecule has 0 aliphatic carbocycles. The largest absolute Gasteiger partial charge is 0.480 e. The molecule has 0 aliphatic heterocycles. The zero-order chi connectivity index (χ0) is 13.5. The molecule has 98 valence electrons. The SMILES string of the molecule is CC[C@@H](NC(=O)[C@@H](OC)c1ccccc1)C(=O)O. The lowest BCUT2D eigenvalue weighted by atomic mass is 10.1. The van der Waals surface area contributed by atoms with Crippen LogP contribution in [0.2, 0.25) is 0 Å². The minimum absolute atomic E-state index is 0.326. The standard InChI is InChI=1S/C13H17NO4/c1-3-10(13(16)17)14-12(15)11(18-2)9-7-5-4-6-8-9/h4-8,10-11H,3H2,1-2H3,(H,14,15)(H,16,17)/t10-,11+/m1/s1. The molecule has 0 saturated carbocycles. The topological polar surface area (TPSA) is 75.6 Å². The molecule has 1 aromatic rings. The highest BCUT2D eigenvalue weighted by atomic mass is 16.5. The number of carboxylic acids is 1. The van der Waals surface area contributed by atoms with Gasteiger partial charge >= 0.3 is 5.97 Å². The van der Waals surface area contributed by atoms with Crippen molar-refractivity contribution >= 4 is 11.9 Å². The van der Waals surface area contributed by atoms with Crippen molar-refractivity contribution in [2.75, 3.05) is 7.11 Å². The maximum absolute atomic E-state index is 11.9. The smallest absolute Gasteiger partial charge is 0.326 e. The van der Waals surface area contributed by atoms with Gasteiger partial charge in [-0.1, -0.05) is 37.3 Å². The highest BCUT2D eigenvalue weighted by molar-refractivity contribution is 5.87. The molecule has 0 unspecified atom stereocenters. The molecule has 1 aromatic carbocycles. The first-order chi connectivity index (χ1) is 8.60. The number of hydrogen-bond donors (Lipinski definition) is 2. The fraction of sp³-hybridized carbons (Fsp3) is 0.385. The molecule has 0 heterocycles. The quantitative estimate of drug-likeness (QED) is 0.800. The zero-order valence-corrected chi connectivity index (χ0v) is 10.4. The first-order valence-electron chi connectivity index (χ1n) is 5.71. The summed E-state index contributed by atoms with van der Waals surface area (Å²) in [4.78, 5) is 22.8. The van der Waals surface area contributed by atoms with Crippen LogP contribution >= 0.6 is 0 Å². The highest BCUT2D eigenvalue weighted by Crippen LogP contribution is 2.16.